The molecule has 0 aliphatic heterocycles. The van der Waals surface area contributed by atoms with E-state index in [9.17, 15) is 4.79 Å². The van der Waals surface area contributed by atoms with Gasteiger partial charge in [-0.25, -0.2) is 4.98 Å². The maximum absolute atomic E-state index is 11.5. The van der Waals surface area contributed by atoms with Crippen molar-refractivity contribution >= 4 is 15.9 Å². The number of hydrogen-bond donors (Lipinski definition) is 1. The number of aryl methyl sites for hydroxylation is 2. The van der Waals surface area contributed by atoms with Gasteiger partial charge in [0.15, 0.2) is 0 Å². The summed E-state index contributed by atoms with van der Waals surface area (Å²) in [6, 6.07) is 0. The number of aromatic nitrogens is 2. The molecule has 0 unspecified atom stereocenters. The van der Waals surface area contributed by atoms with E-state index in [0.29, 0.717) is 10.4 Å². The van der Waals surface area contributed by atoms with Crippen LogP contribution in [0, 0.1) is 5.92 Å². The van der Waals surface area contributed by atoms with Gasteiger partial charge >= 0.3 is 0 Å². The quantitative estimate of drug-likeness (QED) is 0.916. The summed E-state index contributed by atoms with van der Waals surface area (Å²) in [6.45, 7) is 6.33. The lowest BCUT2D eigenvalue weighted by Crippen LogP contribution is -2.15. The lowest BCUT2D eigenvalue weighted by molar-refractivity contribution is 0.572. The molecule has 0 saturated carbocycles. The molecule has 0 radical (unpaired) electrons. The summed E-state index contributed by atoms with van der Waals surface area (Å²) >= 11 is 3.25. The molecule has 1 rings (SSSR count). The van der Waals surface area contributed by atoms with Crippen LogP contribution in [-0.2, 0) is 12.8 Å². The highest BCUT2D eigenvalue weighted by molar-refractivity contribution is 9.10. The normalized spacial score (nSPS) is 11.0. The van der Waals surface area contributed by atoms with E-state index in [2.05, 4.69) is 39.7 Å². The zero-order chi connectivity index (χ0) is 11.4. The third-order valence-corrected chi connectivity index (χ3v) is 3.09. The molecule has 0 spiro atoms. The second-order valence-electron chi connectivity index (χ2n) is 4.06. The first-order chi connectivity index (χ1) is 7.04. The molecule has 0 fully saturated rings. The van der Waals surface area contributed by atoms with Gasteiger partial charge in [-0.2, -0.15) is 0 Å². The lowest BCUT2D eigenvalue weighted by Gasteiger charge is -2.06. The van der Waals surface area contributed by atoms with Gasteiger partial charge in [-0.15, -0.1) is 0 Å². The third kappa shape index (κ3) is 3.45. The van der Waals surface area contributed by atoms with Crippen molar-refractivity contribution in [3.63, 3.8) is 0 Å². The van der Waals surface area contributed by atoms with E-state index in [1.165, 1.54) is 0 Å². The number of aromatic amines is 1. The smallest absolute Gasteiger partial charge is 0.265 e. The summed E-state index contributed by atoms with van der Waals surface area (Å²) in [5.41, 5.74) is 0.776. The average Bonchev–Trinajstić information content (AvgIpc) is 2.19. The van der Waals surface area contributed by atoms with Crippen LogP contribution in [0.2, 0.25) is 0 Å². The van der Waals surface area contributed by atoms with Crippen LogP contribution in [0.3, 0.4) is 0 Å². The highest BCUT2D eigenvalue weighted by Gasteiger charge is 2.07. The van der Waals surface area contributed by atoms with Crippen LogP contribution in [0.25, 0.3) is 0 Å². The maximum Gasteiger partial charge on any atom is 0.265 e. The molecule has 0 bridgehead atoms. The summed E-state index contributed by atoms with van der Waals surface area (Å²) in [7, 11) is 0. The highest BCUT2D eigenvalue weighted by Crippen LogP contribution is 2.11. The van der Waals surface area contributed by atoms with E-state index in [0.717, 1.165) is 30.8 Å². The molecule has 84 valence electrons. The van der Waals surface area contributed by atoms with Crippen molar-refractivity contribution in [3.8, 4) is 0 Å². The Hall–Kier alpha value is -0.640. The van der Waals surface area contributed by atoms with Crippen molar-refractivity contribution in [1.82, 2.24) is 9.97 Å². The van der Waals surface area contributed by atoms with Gasteiger partial charge in [0.05, 0.1) is 5.69 Å². The Labute approximate surface area is 98.5 Å². The Balaban J connectivity index is 2.91. The van der Waals surface area contributed by atoms with E-state index in [4.69, 9.17) is 0 Å². The minimum atomic E-state index is -0.0689. The van der Waals surface area contributed by atoms with Gasteiger partial charge < -0.3 is 4.98 Å². The largest absolute Gasteiger partial charge is 0.310 e. The molecular weight excluding hydrogens is 256 g/mol. The minimum absolute atomic E-state index is 0.0689. The number of rotatable bonds is 4. The van der Waals surface area contributed by atoms with Gasteiger partial charge in [-0.05, 0) is 34.7 Å². The molecule has 0 saturated heterocycles. The van der Waals surface area contributed by atoms with E-state index in [1.54, 1.807) is 0 Å². The molecule has 0 aliphatic rings. The summed E-state index contributed by atoms with van der Waals surface area (Å²) in [6.07, 6.45) is 2.67. The lowest BCUT2D eigenvalue weighted by atomic mass is 10.1. The molecule has 0 aromatic carbocycles. The second-order valence-corrected chi connectivity index (χ2v) is 4.85. The molecule has 1 heterocycles. The first-order valence-corrected chi connectivity index (χ1v) is 6.11. The maximum atomic E-state index is 11.5. The molecule has 0 amide bonds. The monoisotopic (exact) mass is 272 g/mol. The number of nitrogens with zero attached hydrogens (tertiary/aromatic N) is 1. The molecule has 3 nitrogen and oxygen atoms in total. The Morgan fingerprint density at radius 1 is 1.47 bits per heavy atom. The van der Waals surface area contributed by atoms with Crippen molar-refractivity contribution in [2.45, 2.75) is 40.0 Å². The van der Waals surface area contributed by atoms with Crippen molar-refractivity contribution in [1.29, 1.82) is 0 Å². The van der Waals surface area contributed by atoms with Gasteiger partial charge in [0.2, 0.25) is 0 Å². The zero-order valence-corrected chi connectivity index (χ0v) is 11.0. The van der Waals surface area contributed by atoms with E-state index in [-0.39, 0.29) is 5.56 Å². The molecule has 15 heavy (non-hydrogen) atoms. The third-order valence-electron chi connectivity index (χ3n) is 2.27. The first-order valence-electron chi connectivity index (χ1n) is 5.32. The molecular formula is C11H17BrN2O. The van der Waals surface area contributed by atoms with Crippen LogP contribution < -0.4 is 5.56 Å². The molecule has 0 atom stereocenters. The van der Waals surface area contributed by atoms with Crippen LogP contribution in [0.5, 0.6) is 0 Å². The number of nitrogens with one attached hydrogen (secondary N) is 1. The van der Waals surface area contributed by atoms with E-state index >= 15 is 0 Å². The molecule has 1 aromatic heterocycles. The summed E-state index contributed by atoms with van der Waals surface area (Å²) in [5.74, 6) is 1.43. The van der Waals surface area contributed by atoms with Crippen LogP contribution in [0.4, 0.5) is 0 Å². The van der Waals surface area contributed by atoms with E-state index < -0.39 is 0 Å². The van der Waals surface area contributed by atoms with Crippen LogP contribution in [0.1, 0.15) is 38.7 Å². The van der Waals surface area contributed by atoms with Crippen LogP contribution >= 0.6 is 15.9 Å². The van der Waals surface area contributed by atoms with Gasteiger partial charge in [0.1, 0.15) is 10.3 Å². The number of H-pyrrole nitrogens is 1. The van der Waals surface area contributed by atoms with Gasteiger partial charge in [-0.1, -0.05) is 20.8 Å². The van der Waals surface area contributed by atoms with Crippen LogP contribution in [0.15, 0.2) is 9.27 Å². The molecule has 4 heteroatoms. The predicted molar refractivity (Wildman–Crippen MR) is 65.1 cm³/mol. The standard InChI is InChI=1S/C11H17BrN2O/c1-4-8-10(12)11(15)14-9(13-8)6-5-7(2)3/h7H,4-6H2,1-3H3,(H,13,14,15). The Morgan fingerprint density at radius 2 is 2.13 bits per heavy atom. The Bertz CT molecular complexity index is 385. The van der Waals surface area contributed by atoms with Gasteiger partial charge in [-0.3, -0.25) is 4.79 Å². The van der Waals surface area contributed by atoms with Gasteiger partial charge in [0, 0.05) is 6.42 Å². The van der Waals surface area contributed by atoms with E-state index in [1.807, 2.05) is 6.92 Å². The zero-order valence-electron chi connectivity index (χ0n) is 9.43. The summed E-state index contributed by atoms with van der Waals surface area (Å²) in [4.78, 5) is 18.7. The van der Waals surface area contributed by atoms with Crippen molar-refractivity contribution in [2.75, 3.05) is 0 Å². The second kappa shape index (κ2) is 5.45. The first kappa shape index (κ1) is 12.4. The SMILES string of the molecule is CCc1nc(CCC(C)C)[nH]c(=O)c1Br. The van der Waals surface area contributed by atoms with Gasteiger partial charge in [0.25, 0.3) is 5.56 Å². The van der Waals surface area contributed by atoms with Crippen molar-refractivity contribution in [3.05, 3.63) is 26.3 Å². The number of hydrogen-bond acceptors (Lipinski definition) is 2. The van der Waals surface area contributed by atoms with Crippen molar-refractivity contribution in [2.24, 2.45) is 5.92 Å². The molecule has 1 aromatic rings. The van der Waals surface area contributed by atoms with Crippen LogP contribution in [-0.4, -0.2) is 9.97 Å². The number of halogens is 1. The molecule has 1 N–H and O–H groups in total. The predicted octanol–water partition coefficient (Wildman–Crippen LogP) is 2.68. The Kier molecular flexibility index (Phi) is 4.51. The molecule has 0 aliphatic carbocycles. The van der Waals surface area contributed by atoms with Crippen molar-refractivity contribution < 1.29 is 0 Å². The summed E-state index contributed by atoms with van der Waals surface area (Å²) < 4.78 is 0.568. The fourth-order valence-electron chi connectivity index (χ4n) is 1.33. The Morgan fingerprint density at radius 3 is 2.67 bits per heavy atom. The minimum Gasteiger partial charge on any atom is -0.310 e. The fourth-order valence-corrected chi connectivity index (χ4v) is 1.80. The highest BCUT2D eigenvalue weighted by atomic mass is 79.9. The summed E-state index contributed by atoms with van der Waals surface area (Å²) in [5, 5.41) is 0. The average molecular weight is 273 g/mol. The fraction of sp³-hybridized carbons (Fsp3) is 0.636. The topological polar surface area (TPSA) is 45.8 Å².